The summed E-state index contributed by atoms with van der Waals surface area (Å²) in [5.41, 5.74) is 8.62. The van der Waals surface area contributed by atoms with Gasteiger partial charge in [-0.2, -0.15) is 0 Å². The third-order valence-corrected chi connectivity index (χ3v) is 2.13. The van der Waals surface area contributed by atoms with E-state index in [9.17, 15) is 0 Å². The van der Waals surface area contributed by atoms with Crippen LogP contribution >= 0.6 is 0 Å². The Morgan fingerprint density at radius 2 is 2.20 bits per heavy atom. The zero-order valence-corrected chi connectivity index (χ0v) is 9.32. The van der Waals surface area contributed by atoms with Gasteiger partial charge in [0, 0.05) is 19.0 Å². The average Bonchev–Trinajstić information content (AvgIpc) is 2.25. The van der Waals surface area contributed by atoms with Crippen LogP contribution in [0.15, 0.2) is 29.3 Å². The molecule has 0 atom stereocenters. The molecule has 0 saturated carbocycles. The molecular formula is C12H16N2O. The normalized spacial score (nSPS) is 12.1. The minimum Gasteiger partial charge on any atom is -0.496 e. The predicted molar refractivity (Wildman–Crippen MR) is 64.3 cm³/mol. The van der Waals surface area contributed by atoms with E-state index in [1.807, 2.05) is 25.1 Å². The van der Waals surface area contributed by atoms with E-state index in [4.69, 9.17) is 10.5 Å². The Bertz CT molecular complexity index is 395. The van der Waals surface area contributed by atoms with E-state index < -0.39 is 0 Å². The van der Waals surface area contributed by atoms with Crippen LogP contribution in [-0.2, 0) is 0 Å². The Labute approximate surface area is 90.3 Å². The molecule has 0 radical (unpaired) electrons. The Balaban J connectivity index is 3.02. The number of allylic oxidation sites excluding steroid dienone is 1. The average molecular weight is 204 g/mol. The monoisotopic (exact) mass is 204 g/mol. The van der Waals surface area contributed by atoms with E-state index in [2.05, 4.69) is 4.99 Å². The molecule has 0 aromatic heterocycles. The first-order chi connectivity index (χ1) is 7.19. The van der Waals surface area contributed by atoms with Gasteiger partial charge in [0.1, 0.15) is 5.75 Å². The van der Waals surface area contributed by atoms with E-state index >= 15 is 0 Å². The zero-order chi connectivity index (χ0) is 11.3. The Morgan fingerprint density at radius 1 is 1.47 bits per heavy atom. The summed E-state index contributed by atoms with van der Waals surface area (Å²) in [6.45, 7) is 1.99. The molecule has 1 aromatic carbocycles. The van der Waals surface area contributed by atoms with Crippen molar-refractivity contribution in [3.05, 3.63) is 35.4 Å². The van der Waals surface area contributed by atoms with E-state index in [0.717, 1.165) is 16.9 Å². The van der Waals surface area contributed by atoms with Crippen LogP contribution in [-0.4, -0.2) is 20.4 Å². The lowest BCUT2D eigenvalue weighted by atomic mass is 10.1. The number of rotatable bonds is 3. The molecule has 3 nitrogen and oxygen atoms in total. The summed E-state index contributed by atoms with van der Waals surface area (Å²) < 4.78 is 5.17. The van der Waals surface area contributed by atoms with Crippen LogP contribution in [0.3, 0.4) is 0 Å². The van der Waals surface area contributed by atoms with Gasteiger partial charge in [-0.1, -0.05) is 0 Å². The van der Waals surface area contributed by atoms with E-state index in [-0.39, 0.29) is 0 Å². The van der Waals surface area contributed by atoms with Gasteiger partial charge in [-0.25, -0.2) is 0 Å². The second-order valence-electron chi connectivity index (χ2n) is 3.21. The topological polar surface area (TPSA) is 47.6 Å². The first-order valence-corrected chi connectivity index (χ1v) is 4.72. The molecule has 0 aliphatic heterocycles. The molecule has 0 amide bonds. The Hall–Kier alpha value is -1.77. The fourth-order valence-electron chi connectivity index (χ4n) is 1.31. The van der Waals surface area contributed by atoms with Crippen molar-refractivity contribution < 1.29 is 4.74 Å². The second-order valence-corrected chi connectivity index (χ2v) is 3.21. The smallest absolute Gasteiger partial charge is 0.121 e. The quantitative estimate of drug-likeness (QED) is 0.765. The van der Waals surface area contributed by atoms with Crippen LogP contribution in [0.25, 0.3) is 5.70 Å². The standard InChI is InChI=1S/C12H16N2O/c1-9-8-10(4-5-12(9)15-3)11(13)6-7-14-2/h4-8H,13H2,1-3H3. The largest absolute Gasteiger partial charge is 0.496 e. The fraction of sp³-hybridized carbons (Fsp3) is 0.250. The van der Waals surface area contributed by atoms with Crippen molar-refractivity contribution >= 4 is 11.9 Å². The van der Waals surface area contributed by atoms with Gasteiger partial charge in [0.25, 0.3) is 0 Å². The zero-order valence-electron chi connectivity index (χ0n) is 9.32. The summed E-state index contributed by atoms with van der Waals surface area (Å²) in [4.78, 5) is 3.85. The molecule has 15 heavy (non-hydrogen) atoms. The molecule has 0 unspecified atom stereocenters. The molecule has 3 heteroatoms. The number of aliphatic imine (C=N–C) groups is 1. The summed E-state index contributed by atoms with van der Waals surface area (Å²) in [6.07, 6.45) is 3.45. The maximum atomic E-state index is 5.87. The lowest BCUT2D eigenvalue weighted by molar-refractivity contribution is 0.411. The van der Waals surface area contributed by atoms with Crippen LogP contribution in [0.1, 0.15) is 11.1 Å². The molecule has 0 spiro atoms. The van der Waals surface area contributed by atoms with Crippen LogP contribution < -0.4 is 10.5 Å². The van der Waals surface area contributed by atoms with E-state index in [0.29, 0.717) is 5.70 Å². The van der Waals surface area contributed by atoms with Gasteiger partial charge in [0.15, 0.2) is 0 Å². The number of nitrogens with zero attached hydrogens (tertiary/aromatic N) is 1. The highest BCUT2D eigenvalue weighted by molar-refractivity contribution is 5.83. The number of nitrogens with two attached hydrogens (primary N) is 1. The van der Waals surface area contributed by atoms with Crippen molar-refractivity contribution in [1.29, 1.82) is 0 Å². The molecule has 0 heterocycles. The Morgan fingerprint density at radius 3 is 2.73 bits per heavy atom. The Kier molecular flexibility index (Phi) is 3.92. The third-order valence-electron chi connectivity index (χ3n) is 2.13. The van der Waals surface area contributed by atoms with Crippen molar-refractivity contribution in [3.63, 3.8) is 0 Å². The SMILES string of the molecule is CN=CC=C(N)c1ccc(OC)c(C)c1. The van der Waals surface area contributed by atoms with Gasteiger partial charge in [-0.3, -0.25) is 4.99 Å². The predicted octanol–water partition coefficient (Wildman–Crippen LogP) is 2.00. The number of ether oxygens (including phenoxy) is 1. The van der Waals surface area contributed by atoms with Gasteiger partial charge < -0.3 is 10.5 Å². The molecule has 1 aromatic rings. The first-order valence-electron chi connectivity index (χ1n) is 4.72. The summed E-state index contributed by atoms with van der Waals surface area (Å²) in [6, 6.07) is 5.84. The van der Waals surface area contributed by atoms with Crippen LogP contribution in [0.4, 0.5) is 0 Å². The summed E-state index contributed by atoms with van der Waals surface area (Å²) in [5, 5.41) is 0. The molecule has 0 aliphatic carbocycles. The van der Waals surface area contributed by atoms with Gasteiger partial charge in [0.05, 0.1) is 7.11 Å². The maximum absolute atomic E-state index is 5.87. The van der Waals surface area contributed by atoms with Crippen molar-refractivity contribution in [2.45, 2.75) is 6.92 Å². The number of hydrogen-bond acceptors (Lipinski definition) is 3. The lowest BCUT2D eigenvalue weighted by Crippen LogP contribution is -1.98. The summed E-state index contributed by atoms with van der Waals surface area (Å²) in [7, 11) is 3.37. The molecule has 0 aliphatic rings. The lowest BCUT2D eigenvalue weighted by Gasteiger charge is -2.07. The number of aryl methyl sites for hydroxylation is 1. The van der Waals surface area contributed by atoms with Crippen molar-refractivity contribution in [2.75, 3.05) is 14.2 Å². The van der Waals surface area contributed by atoms with E-state index in [1.54, 1.807) is 26.4 Å². The fourth-order valence-corrected chi connectivity index (χ4v) is 1.31. The van der Waals surface area contributed by atoms with Gasteiger partial charge in [0.2, 0.25) is 0 Å². The van der Waals surface area contributed by atoms with E-state index in [1.165, 1.54) is 0 Å². The molecule has 0 saturated heterocycles. The molecule has 1 rings (SSSR count). The highest BCUT2D eigenvalue weighted by Crippen LogP contribution is 2.20. The van der Waals surface area contributed by atoms with Crippen LogP contribution in [0, 0.1) is 6.92 Å². The summed E-state index contributed by atoms with van der Waals surface area (Å²) in [5.74, 6) is 0.871. The van der Waals surface area contributed by atoms with Crippen molar-refractivity contribution in [1.82, 2.24) is 0 Å². The van der Waals surface area contributed by atoms with Crippen molar-refractivity contribution in [3.8, 4) is 5.75 Å². The van der Waals surface area contributed by atoms with Crippen molar-refractivity contribution in [2.24, 2.45) is 10.7 Å². The molecule has 2 N–H and O–H groups in total. The molecule has 0 fully saturated rings. The minimum atomic E-state index is 0.700. The maximum Gasteiger partial charge on any atom is 0.121 e. The van der Waals surface area contributed by atoms with Gasteiger partial charge in [-0.05, 0) is 42.3 Å². The van der Waals surface area contributed by atoms with Gasteiger partial charge >= 0.3 is 0 Å². The highest BCUT2D eigenvalue weighted by atomic mass is 16.5. The van der Waals surface area contributed by atoms with Gasteiger partial charge in [-0.15, -0.1) is 0 Å². The van der Waals surface area contributed by atoms with Crippen LogP contribution in [0.5, 0.6) is 5.75 Å². The van der Waals surface area contributed by atoms with Crippen LogP contribution in [0.2, 0.25) is 0 Å². The minimum absolute atomic E-state index is 0.700. The molecular weight excluding hydrogens is 188 g/mol. The number of benzene rings is 1. The number of hydrogen-bond donors (Lipinski definition) is 1. The third kappa shape index (κ3) is 2.84. The molecule has 80 valence electrons. The summed E-state index contributed by atoms with van der Waals surface area (Å²) >= 11 is 0. The molecule has 0 bridgehead atoms. The first kappa shape index (κ1) is 11.3. The second kappa shape index (κ2) is 5.20. The number of methoxy groups -OCH3 is 1. The highest BCUT2D eigenvalue weighted by Gasteiger charge is 2.01.